The molecule has 2 rings (SSSR count). The number of rotatable bonds is 5. The van der Waals surface area contributed by atoms with Crippen LogP contribution in [0.1, 0.15) is 18.2 Å². The lowest BCUT2D eigenvalue weighted by atomic mass is 10.5. The van der Waals surface area contributed by atoms with Crippen LogP contribution in [-0.2, 0) is 6.54 Å². The van der Waals surface area contributed by atoms with E-state index in [0.29, 0.717) is 6.54 Å². The van der Waals surface area contributed by atoms with Gasteiger partial charge in [0, 0.05) is 37.8 Å². The molecule has 1 saturated heterocycles. The highest BCUT2D eigenvalue weighted by molar-refractivity contribution is 7.15. The second-order valence-corrected chi connectivity index (χ2v) is 5.30. The van der Waals surface area contributed by atoms with Crippen molar-refractivity contribution in [1.29, 1.82) is 0 Å². The molecule has 5 nitrogen and oxygen atoms in total. The Morgan fingerprint density at radius 2 is 2.35 bits per heavy atom. The number of carbonyl (C=O) groups is 1. The Hall–Kier alpha value is -1.30. The fraction of sp³-hybridized carbons (Fsp3) is 0.636. The highest BCUT2D eigenvalue weighted by atomic mass is 32.1. The summed E-state index contributed by atoms with van der Waals surface area (Å²) in [4.78, 5) is 20.7. The molecule has 0 atom stereocenters. The first-order valence-electron chi connectivity index (χ1n) is 5.89. The normalized spacial score (nSPS) is 15.8. The molecule has 1 aliphatic rings. The minimum atomic E-state index is 0.112. The number of amides is 2. The first-order valence-corrected chi connectivity index (χ1v) is 6.71. The van der Waals surface area contributed by atoms with Crippen molar-refractivity contribution in [2.45, 2.75) is 19.9 Å². The van der Waals surface area contributed by atoms with Crippen LogP contribution in [0, 0.1) is 0 Å². The fourth-order valence-corrected chi connectivity index (χ4v) is 2.59. The van der Waals surface area contributed by atoms with Gasteiger partial charge in [-0.05, 0) is 6.42 Å². The van der Waals surface area contributed by atoms with Crippen LogP contribution in [0.15, 0.2) is 6.20 Å². The molecule has 0 unspecified atom stereocenters. The molecule has 0 saturated carbocycles. The van der Waals surface area contributed by atoms with Gasteiger partial charge < -0.3 is 15.1 Å². The Balaban J connectivity index is 1.90. The van der Waals surface area contributed by atoms with E-state index in [1.54, 1.807) is 16.2 Å². The number of thiazole rings is 1. The number of hydrogen-bond donors (Lipinski definition) is 1. The zero-order valence-electron chi connectivity index (χ0n) is 10.3. The van der Waals surface area contributed by atoms with Crippen LogP contribution in [-0.4, -0.2) is 47.5 Å². The van der Waals surface area contributed by atoms with Crippen LogP contribution in [0.4, 0.5) is 9.93 Å². The molecule has 0 spiro atoms. The summed E-state index contributed by atoms with van der Waals surface area (Å²) in [5.74, 6) is 0. The van der Waals surface area contributed by atoms with Crippen LogP contribution < -0.4 is 5.32 Å². The standard InChI is InChI=1S/C11H18N4OS/c1-3-4-12-10-13-7-9(17-10)8-15-6-5-14(2)11(15)16/h7H,3-6,8H2,1-2H3,(H,12,13). The lowest BCUT2D eigenvalue weighted by molar-refractivity contribution is 0.197. The summed E-state index contributed by atoms with van der Waals surface area (Å²) in [5, 5.41) is 4.20. The summed E-state index contributed by atoms with van der Waals surface area (Å²) in [6, 6.07) is 0.112. The van der Waals surface area contributed by atoms with Gasteiger partial charge in [-0.15, -0.1) is 11.3 Å². The maximum absolute atomic E-state index is 11.7. The summed E-state index contributed by atoms with van der Waals surface area (Å²) in [6.45, 7) is 5.37. The van der Waals surface area contributed by atoms with E-state index < -0.39 is 0 Å². The van der Waals surface area contributed by atoms with Gasteiger partial charge in [-0.1, -0.05) is 6.92 Å². The van der Waals surface area contributed by atoms with Crippen LogP contribution in [0.5, 0.6) is 0 Å². The average Bonchev–Trinajstić information content (AvgIpc) is 2.89. The third-order valence-corrected chi connectivity index (χ3v) is 3.67. The number of nitrogens with zero attached hydrogens (tertiary/aromatic N) is 3. The molecule has 94 valence electrons. The fourth-order valence-electron chi connectivity index (χ4n) is 1.73. The maximum Gasteiger partial charge on any atom is 0.320 e. The molecule has 6 heteroatoms. The van der Waals surface area contributed by atoms with E-state index in [4.69, 9.17) is 0 Å². The average molecular weight is 254 g/mol. The lowest BCUT2D eigenvalue weighted by Gasteiger charge is -2.14. The van der Waals surface area contributed by atoms with Gasteiger partial charge in [-0.2, -0.15) is 0 Å². The lowest BCUT2D eigenvalue weighted by Crippen LogP contribution is -2.28. The predicted octanol–water partition coefficient (Wildman–Crippen LogP) is 1.83. The van der Waals surface area contributed by atoms with E-state index in [1.165, 1.54) is 0 Å². The largest absolute Gasteiger partial charge is 0.362 e. The molecule has 2 amide bonds. The predicted molar refractivity (Wildman–Crippen MR) is 69.3 cm³/mol. The SMILES string of the molecule is CCCNc1ncc(CN2CCN(C)C2=O)s1. The molecule has 1 N–H and O–H groups in total. The molecule has 0 aromatic carbocycles. The van der Waals surface area contributed by atoms with Gasteiger partial charge >= 0.3 is 6.03 Å². The third-order valence-electron chi connectivity index (χ3n) is 2.73. The molecule has 0 radical (unpaired) electrons. The second kappa shape index (κ2) is 5.35. The second-order valence-electron chi connectivity index (χ2n) is 4.18. The Morgan fingerprint density at radius 1 is 1.53 bits per heavy atom. The molecule has 1 aromatic heterocycles. The summed E-state index contributed by atoms with van der Waals surface area (Å²) in [5.41, 5.74) is 0. The van der Waals surface area contributed by atoms with E-state index in [1.807, 2.05) is 18.1 Å². The number of urea groups is 1. The Bertz CT molecular complexity index is 393. The van der Waals surface area contributed by atoms with Crippen molar-refractivity contribution in [3.05, 3.63) is 11.1 Å². The van der Waals surface area contributed by atoms with Crippen molar-refractivity contribution in [3.8, 4) is 0 Å². The first-order chi connectivity index (χ1) is 8.20. The Morgan fingerprint density at radius 3 is 3.00 bits per heavy atom. The summed E-state index contributed by atoms with van der Waals surface area (Å²) in [7, 11) is 1.84. The zero-order valence-corrected chi connectivity index (χ0v) is 11.1. The number of anilines is 1. The molecule has 1 fully saturated rings. The monoisotopic (exact) mass is 254 g/mol. The number of carbonyl (C=O) groups excluding carboxylic acids is 1. The van der Waals surface area contributed by atoms with E-state index >= 15 is 0 Å². The van der Waals surface area contributed by atoms with Crippen LogP contribution >= 0.6 is 11.3 Å². The molecule has 1 aromatic rings. The van der Waals surface area contributed by atoms with Crippen LogP contribution in [0.2, 0.25) is 0 Å². The van der Waals surface area contributed by atoms with Crippen LogP contribution in [0.3, 0.4) is 0 Å². The van der Waals surface area contributed by atoms with E-state index in [0.717, 1.165) is 36.1 Å². The van der Waals surface area contributed by atoms with E-state index in [2.05, 4.69) is 17.2 Å². The van der Waals surface area contributed by atoms with Gasteiger partial charge in [0.25, 0.3) is 0 Å². The number of nitrogens with one attached hydrogen (secondary N) is 1. The molecule has 17 heavy (non-hydrogen) atoms. The summed E-state index contributed by atoms with van der Waals surface area (Å²) in [6.07, 6.45) is 2.94. The number of likely N-dealkylation sites (N-methyl/N-ethyl adjacent to an activating group) is 1. The van der Waals surface area contributed by atoms with Crippen molar-refractivity contribution in [2.75, 3.05) is 32.0 Å². The Kier molecular flexibility index (Phi) is 3.83. The smallest absolute Gasteiger partial charge is 0.320 e. The molecular formula is C11H18N4OS. The minimum Gasteiger partial charge on any atom is -0.362 e. The highest BCUT2D eigenvalue weighted by Gasteiger charge is 2.25. The van der Waals surface area contributed by atoms with Gasteiger partial charge in [-0.25, -0.2) is 9.78 Å². The molecule has 0 bridgehead atoms. The molecular weight excluding hydrogens is 236 g/mol. The van der Waals surface area contributed by atoms with Crippen LogP contribution in [0.25, 0.3) is 0 Å². The van der Waals surface area contributed by atoms with E-state index in [9.17, 15) is 4.79 Å². The molecule has 1 aliphatic heterocycles. The first kappa shape index (κ1) is 12.2. The highest BCUT2D eigenvalue weighted by Crippen LogP contribution is 2.21. The van der Waals surface area contributed by atoms with Gasteiger partial charge in [-0.3, -0.25) is 0 Å². The minimum absolute atomic E-state index is 0.112. The van der Waals surface area contributed by atoms with Gasteiger partial charge in [0.05, 0.1) is 6.54 Å². The molecule has 0 aliphatic carbocycles. The van der Waals surface area contributed by atoms with Crippen molar-refractivity contribution in [3.63, 3.8) is 0 Å². The van der Waals surface area contributed by atoms with Crippen molar-refractivity contribution < 1.29 is 4.79 Å². The van der Waals surface area contributed by atoms with Gasteiger partial charge in [0.2, 0.25) is 0 Å². The van der Waals surface area contributed by atoms with Gasteiger partial charge in [0.1, 0.15) is 0 Å². The summed E-state index contributed by atoms with van der Waals surface area (Å²) >= 11 is 1.63. The quantitative estimate of drug-likeness (QED) is 0.872. The topological polar surface area (TPSA) is 48.5 Å². The Labute approximate surface area is 105 Å². The molecule has 2 heterocycles. The van der Waals surface area contributed by atoms with Crippen molar-refractivity contribution >= 4 is 22.5 Å². The maximum atomic E-state index is 11.7. The van der Waals surface area contributed by atoms with Crippen molar-refractivity contribution in [1.82, 2.24) is 14.8 Å². The zero-order chi connectivity index (χ0) is 12.3. The van der Waals surface area contributed by atoms with E-state index in [-0.39, 0.29) is 6.03 Å². The van der Waals surface area contributed by atoms with Crippen molar-refractivity contribution in [2.24, 2.45) is 0 Å². The third kappa shape index (κ3) is 2.88. The van der Waals surface area contributed by atoms with Gasteiger partial charge in [0.15, 0.2) is 5.13 Å². The number of aromatic nitrogens is 1. The number of hydrogen-bond acceptors (Lipinski definition) is 4. The summed E-state index contributed by atoms with van der Waals surface area (Å²) < 4.78 is 0.